The molecule has 1 N–H and O–H groups in total. The quantitative estimate of drug-likeness (QED) is 0.678. The molecular formula is C15H16N8O3. The Morgan fingerprint density at radius 1 is 1.35 bits per heavy atom. The molecule has 1 aliphatic heterocycles. The van der Waals surface area contributed by atoms with Crippen LogP contribution in [0.5, 0.6) is 0 Å². The number of rotatable bonds is 5. The number of tetrazole rings is 1. The monoisotopic (exact) mass is 356 g/mol. The van der Waals surface area contributed by atoms with Crippen molar-refractivity contribution in [3.05, 3.63) is 36.2 Å². The molecule has 1 atom stereocenters. The topological polar surface area (TPSA) is 136 Å². The third-order valence-electron chi connectivity index (χ3n) is 4.03. The van der Waals surface area contributed by atoms with E-state index in [0.29, 0.717) is 43.7 Å². The zero-order chi connectivity index (χ0) is 17.8. The van der Waals surface area contributed by atoms with Gasteiger partial charge < -0.3 is 14.2 Å². The van der Waals surface area contributed by atoms with Gasteiger partial charge in [0.1, 0.15) is 6.10 Å². The van der Waals surface area contributed by atoms with Gasteiger partial charge in [-0.1, -0.05) is 10.4 Å². The van der Waals surface area contributed by atoms with E-state index in [1.54, 1.807) is 29.4 Å². The van der Waals surface area contributed by atoms with Crippen molar-refractivity contribution in [2.75, 3.05) is 19.7 Å². The molecule has 1 unspecified atom stereocenters. The molecule has 11 nitrogen and oxygen atoms in total. The molecule has 0 aromatic carbocycles. The number of hydrogen-bond acceptors (Lipinski definition) is 9. The summed E-state index contributed by atoms with van der Waals surface area (Å²) in [6, 6.07) is 3.59. The minimum atomic E-state index is -0.367. The zero-order valence-electron chi connectivity index (χ0n) is 13.8. The van der Waals surface area contributed by atoms with Crippen LogP contribution >= 0.6 is 0 Å². The number of amides is 1. The molecule has 0 saturated carbocycles. The summed E-state index contributed by atoms with van der Waals surface area (Å²) in [5.74, 6) is 1.35. The number of H-pyrrole nitrogens is 1. The number of pyridine rings is 1. The molecule has 0 aliphatic carbocycles. The lowest BCUT2D eigenvalue weighted by atomic mass is 10.2. The van der Waals surface area contributed by atoms with Crippen LogP contribution in [0.4, 0.5) is 0 Å². The second-order valence-corrected chi connectivity index (χ2v) is 5.72. The Labute approximate surface area is 147 Å². The molecule has 0 bridgehead atoms. The van der Waals surface area contributed by atoms with Gasteiger partial charge in [0, 0.05) is 37.3 Å². The third kappa shape index (κ3) is 3.57. The predicted molar refractivity (Wildman–Crippen MR) is 85.3 cm³/mol. The van der Waals surface area contributed by atoms with Crippen molar-refractivity contribution in [3.63, 3.8) is 0 Å². The number of aryl methyl sites for hydroxylation is 1. The van der Waals surface area contributed by atoms with E-state index >= 15 is 0 Å². The smallest absolute Gasteiger partial charge is 0.227 e. The van der Waals surface area contributed by atoms with E-state index in [4.69, 9.17) is 9.26 Å². The van der Waals surface area contributed by atoms with E-state index in [2.05, 4.69) is 35.7 Å². The molecule has 4 heterocycles. The van der Waals surface area contributed by atoms with E-state index < -0.39 is 0 Å². The standard InChI is InChI=1S/C15H16N8O3/c24-13(23-7-8-25-11(9-23)15-18-21-22-19-15)2-1-12-17-14(20-26-12)10-3-5-16-6-4-10/h3-6,11H,1-2,7-9H2,(H,18,19,21,22). The molecule has 26 heavy (non-hydrogen) atoms. The van der Waals surface area contributed by atoms with Gasteiger partial charge in [-0.15, -0.1) is 10.2 Å². The van der Waals surface area contributed by atoms with Gasteiger partial charge in [-0.2, -0.15) is 10.2 Å². The van der Waals surface area contributed by atoms with E-state index in [1.807, 2.05) is 0 Å². The van der Waals surface area contributed by atoms with Gasteiger partial charge in [-0.25, -0.2) is 0 Å². The van der Waals surface area contributed by atoms with E-state index in [1.165, 1.54) is 0 Å². The lowest BCUT2D eigenvalue weighted by Gasteiger charge is -2.31. The Kier molecular flexibility index (Phi) is 4.60. The van der Waals surface area contributed by atoms with E-state index in [-0.39, 0.29) is 18.4 Å². The van der Waals surface area contributed by atoms with Crippen LogP contribution in [0.15, 0.2) is 29.0 Å². The highest BCUT2D eigenvalue weighted by molar-refractivity contribution is 5.76. The van der Waals surface area contributed by atoms with Crippen molar-refractivity contribution in [2.45, 2.75) is 18.9 Å². The van der Waals surface area contributed by atoms with Crippen molar-refractivity contribution in [2.24, 2.45) is 0 Å². The summed E-state index contributed by atoms with van der Waals surface area (Å²) >= 11 is 0. The molecule has 0 radical (unpaired) electrons. The highest BCUT2D eigenvalue weighted by Gasteiger charge is 2.28. The lowest BCUT2D eigenvalue weighted by Crippen LogP contribution is -2.42. The number of carbonyl (C=O) groups excluding carboxylic acids is 1. The molecule has 1 aliphatic rings. The van der Waals surface area contributed by atoms with Crippen LogP contribution in [0.3, 0.4) is 0 Å². The SMILES string of the molecule is O=C(CCc1nc(-c2ccncc2)no1)N1CCOC(c2nn[nH]n2)C1. The fraction of sp³-hybridized carbons (Fsp3) is 0.400. The fourth-order valence-corrected chi connectivity index (χ4v) is 2.68. The van der Waals surface area contributed by atoms with Crippen molar-refractivity contribution in [1.82, 2.24) is 40.6 Å². The first-order chi connectivity index (χ1) is 12.8. The molecule has 3 aromatic rings. The number of morpholine rings is 1. The van der Waals surface area contributed by atoms with Crippen molar-refractivity contribution in [3.8, 4) is 11.4 Å². The Balaban J connectivity index is 1.33. The third-order valence-corrected chi connectivity index (χ3v) is 4.03. The summed E-state index contributed by atoms with van der Waals surface area (Å²) in [7, 11) is 0. The van der Waals surface area contributed by atoms with Gasteiger partial charge >= 0.3 is 0 Å². The summed E-state index contributed by atoms with van der Waals surface area (Å²) in [5.41, 5.74) is 0.817. The summed E-state index contributed by atoms with van der Waals surface area (Å²) in [4.78, 5) is 22.5. The van der Waals surface area contributed by atoms with Crippen molar-refractivity contribution in [1.29, 1.82) is 0 Å². The van der Waals surface area contributed by atoms with Crippen LogP contribution in [0.2, 0.25) is 0 Å². The number of nitrogens with one attached hydrogen (secondary N) is 1. The second-order valence-electron chi connectivity index (χ2n) is 5.72. The van der Waals surface area contributed by atoms with Crippen molar-refractivity contribution >= 4 is 5.91 Å². The average molecular weight is 356 g/mol. The lowest BCUT2D eigenvalue weighted by molar-refractivity contribution is -0.139. The minimum Gasteiger partial charge on any atom is -0.366 e. The Morgan fingerprint density at radius 3 is 3.04 bits per heavy atom. The highest BCUT2D eigenvalue weighted by Crippen LogP contribution is 2.19. The molecule has 134 valence electrons. The Bertz CT molecular complexity index is 851. The Hall–Kier alpha value is -3.21. The van der Waals surface area contributed by atoms with Crippen LogP contribution < -0.4 is 0 Å². The van der Waals surface area contributed by atoms with E-state index in [9.17, 15) is 4.79 Å². The largest absolute Gasteiger partial charge is 0.366 e. The number of nitrogens with zero attached hydrogens (tertiary/aromatic N) is 7. The van der Waals surface area contributed by atoms with Gasteiger partial charge in [0.25, 0.3) is 0 Å². The second kappa shape index (κ2) is 7.35. The van der Waals surface area contributed by atoms with E-state index in [0.717, 1.165) is 5.56 Å². The van der Waals surface area contributed by atoms with Crippen LogP contribution in [0.25, 0.3) is 11.4 Å². The summed E-state index contributed by atoms with van der Waals surface area (Å²) in [5, 5.41) is 17.7. The van der Waals surface area contributed by atoms with Gasteiger partial charge in [0.05, 0.1) is 13.2 Å². The molecule has 0 spiro atoms. The van der Waals surface area contributed by atoms with Crippen LogP contribution in [0.1, 0.15) is 24.2 Å². The van der Waals surface area contributed by atoms with Gasteiger partial charge in [0.2, 0.25) is 23.4 Å². The molecular weight excluding hydrogens is 340 g/mol. The first-order valence-electron chi connectivity index (χ1n) is 8.15. The molecule has 1 fully saturated rings. The van der Waals surface area contributed by atoms with Gasteiger partial charge in [0.15, 0.2) is 0 Å². The number of aromatic nitrogens is 7. The van der Waals surface area contributed by atoms with Crippen LogP contribution in [0, 0.1) is 0 Å². The number of aromatic amines is 1. The van der Waals surface area contributed by atoms with Crippen molar-refractivity contribution < 1.29 is 14.1 Å². The summed E-state index contributed by atoms with van der Waals surface area (Å²) < 4.78 is 10.8. The maximum Gasteiger partial charge on any atom is 0.227 e. The Morgan fingerprint density at radius 2 is 2.23 bits per heavy atom. The average Bonchev–Trinajstić information content (AvgIpc) is 3.39. The van der Waals surface area contributed by atoms with Gasteiger partial charge in [-0.3, -0.25) is 9.78 Å². The number of carbonyl (C=O) groups is 1. The van der Waals surface area contributed by atoms with Gasteiger partial charge in [-0.05, 0) is 12.1 Å². The molecule has 1 saturated heterocycles. The minimum absolute atomic E-state index is 0.00884. The first kappa shape index (κ1) is 16.3. The normalized spacial score (nSPS) is 17.4. The first-order valence-corrected chi connectivity index (χ1v) is 8.15. The molecule has 4 rings (SSSR count). The molecule has 3 aromatic heterocycles. The summed E-state index contributed by atoms with van der Waals surface area (Å²) in [6.07, 6.45) is 3.60. The molecule has 1 amide bonds. The number of hydrogen-bond donors (Lipinski definition) is 1. The summed E-state index contributed by atoms with van der Waals surface area (Å²) in [6.45, 7) is 1.35. The number of ether oxygens (including phenoxy) is 1. The maximum atomic E-state index is 12.5. The van der Waals surface area contributed by atoms with Crippen LogP contribution in [-0.4, -0.2) is 66.3 Å². The predicted octanol–water partition coefficient (Wildman–Crippen LogP) is 0.177. The maximum absolute atomic E-state index is 12.5. The van der Waals surface area contributed by atoms with Crippen LogP contribution in [-0.2, 0) is 16.0 Å². The zero-order valence-corrected chi connectivity index (χ0v) is 13.8. The molecule has 11 heteroatoms. The fourth-order valence-electron chi connectivity index (χ4n) is 2.68. The highest BCUT2D eigenvalue weighted by atomic mass is 16.5.